The van der Waals surface area contributed by atoms with Gasteiger partial charge in [-0.25, -0.2) is 4.99 Å². The van der Waals surface area contributed by atoms with Crippen LogP contribution in [0.2, 0.25) is 0 Å². The van der Waals surface area contributed by atoms with Gasteiger partial charge in [0.15, 0.2) is 0 Å². The van der Waals surface area contributed by atoms with E-state index in [4.69, 9.17) is 4.74 Å². The van der Waals surface area contributed by atoms with E-state index in [0.717, 1.165) is 28.4 Å². The zero-order valence-electron chi connectivity index (χ0n) is 16.4. The summed E-state index contributed by atoms with van der Waals surface area (Å²) in [7, 11) is 0. The molecule has 0 saturated heterocycles. The second-order valence-electron chi connectivity index (χ2n) is 7.39. The molecule has 0 amide bonds. The summed E-state index contributed by atoms with van der Waals surface area (Å²) in [5, 5.41) is 6.60. The molecular formula is C22H29N3O. The molecule has 2 rings (SSSR count). The third-order valence-electron chi connectivity index (χ3n) is 4.38. The number of rotatable bonds is 6. The van der Waals surface area contributed by atoms with Crippen LogP contribution in [0.3, 0.4) is 0 Å². The fraction of sp³-hybridized carbons (Fsp3) is 0.318. The Balaban J connectivity index is 2.20. The molecule has 4 heteroatoms. The molecule has 1 aromatic carbocycles. The number of hydrogen-bond acceptors (Lipinski definition) is 4. The molecule has 1 aromatic rings. The molecule has 0 unspecified atom stereocenters. The predicted molar refractivity (Wildman–Crippen MR) is 110 cm³/mol. The average molecular weight is 351 g/mol. The van der Waals surface area contributed by atoms with E-state index in [1.807, 2.05) is 49.5 Å². The number of aliphatic imine (C=N–C) groups is 1. The average Bonchev–Trinajstić information content (AvgIpc) is 2.95. The monoisotopic (exact) mass is 351 g/mol. The van der Waals surface area contributed by atoms with E-state index in [0.29, 0.717) is 5.88 Å². The lowest BCUT2D eigenvalue weighted by Crippen LogP contribution is -2.37. The highest BCUT2D eigenvalue weighted by Gasteiger charge is 2.25. The van der Waals surface area contributed by atoms with Crippen molar-refractivity contribution in [1.82, 2.24) is 10.6 Å². The Hall–Kier alpha value is -2.75. The topological polar surface area (TPSA) is 45.7 Å². The second-order valence-corrected chi connectivity index (χ2v) is 7.39. The summed E-state index contributed by atoms with van der Waals surface area (Å²) >= 11 is 0. The van der Waals surface area contributed by atoms with E-state index in [-0.39, 0.29) is 11.5 Å². The minimum Gasteiger partial charge on any atom is -0.439 e. The smallest absolute Gasteiger partial charge is 0.215 e. The molecule has 0 spiro atoms. The zero-order valence-corrected chi connectivity index (χ0v) is 16.4. The minimum absolute atomic E-state index is 0.120. The number of hydrogen-bond donors (Lipinski definition) is 2. The van der Waals surface area contributed by atoms with Gasteiger partial charge in [-0.05, 0) is 37.5 Å². The Morgan fingerprint density at radius 2 is 1.92 bits per heavy atom. The summed E-state index contributed by atoms with van der Waals surface area (Å²) < 4.78 is 5.86. The van der Waals surface area contributed by atoms with Gasteiger partial charge in [0.05, 0.1) is 5.70 Å². The Morgan fingerprint density at radius 1 is 1.27 bits per heavy atom. The van der Waals surface area contributed by atoms with E-state index >= 15 is 0 Å². The zero-order chi connectivity index (χ0) is 19.3. The molecule has 0 bridgehead atoms. The van der Waals surface area contributed by atoms with Crippen LogP contribution >= 0.6 is 0 Å². The quantitative estimate of drug-likeness (QED) is 0.716. The van der Waals surface area contributed by atoms with Gasteiger partial charge in [0.1, 0.15) is 11.5 Å². The molecule has 0 fully saturated rings. The van der Waals surface area contributed by atoms with Gasteiger partial charge >= 0.3 is 0 Å². The van der Waals surface area contributed by atoms with E-state index in [1.165, 1.54) is 0 Å². The van der Waals surface area contributed by atoms with Crippen LogP contribution in [0.1, 0.15) is 34.6 Å². The van der Waals surface area contributed by atoms with Crippen LogP contribution in [0.15, 0.2) is 83.6 Å². The van der Waals surface area contributed by atoms with E-state index in [9.17, 15) is 0 Å². The number of ether oxygens (including phenoxy) is 1. The van der Waals surface area contributed by atoms with Crippen molar-refractivity contribution in [3.05, 3.63) is 78.6 Å². The first kappa shape index (κ1) is 19.6. The van der Waals surface area contributed by atoms with Crippen LogP contribution in [-0.2, 0) is 0 Å². The van der Waals surface area contributed by atoms with Crippen LogP contribution in [0.25, 0.3) is 0 Å². The number of benzene rings is 1. The predicted octanol–water partition coefficient (Wildman–Crippen LogP) is 4.91. The van der Waals surface area contributed by atoms with Crippen LogP contribution in [0.5, 0.6) is 5.75 Å². The summed E-state index contributed by atoms with van der Waals surface area (Å²) in [5.74, 6) is 1.25. The van der Waals surface area contributed by atoms with Gasteiger partial charge in [-0.3, -0.25) is 0 Å². The van der Waals surface area contributed by atoms with Gasteiger partial charge in [0.2, 0.25) is 5.88 Å². The molecule has 0 aliphatic carbocycles. The molecule has 138 valence electrons. The maximum absolute atomic E-state index is 5.86. The van der Waals surface area contributed by atoms with E-state index in [1.54, 1.807) is 0 Å². The Morgan fingerprint density at radius 3 is 2.50 bits per heavy atom. The van der Waals surface area contributed by atoms with Crippen LogP contribution in [0, 0.1) is 5.41 Å². The first-order chi connectivity index (χ1) is 12.2. The molecule has 1 heterocycles. The van der Waals surface area contributed by atoms with Crippen LogP contribution < -0.4 is 15.4 Å². The summed E-state index contributed by atoms with van der Waals surface area (Å²) in [6.45, 7) is 18.9. The van der Waals surface area contributed by atoms with Gasteiger partial charge in [-0.2, -0.15) is 0 Å². The minimum atomic E-state index is 0.120. The standard InChI is InChI=1S/C22H29N3O/c1-8-20(26-18-12-10-9-11-13-18)25-21-16(3)23-14-19(21)15(2)24-17(4)22(5,6)7/h8-14,17,23-24H,2-3H2,1,4-7H3/b20-8+,25-21+/t17-/m1/s1. The fourth-order valence-electron chi connectivity index (χ4n) is 2.24. The maximum Gasteiger partial charge on any atom is 0.215 e. The third kappa shape index (κ3) is 4.88. The molecule has 0 radical (unpaired) electrons. The summed E-state index contributed by atoms with van der Waals surface area (Å²) in [5.41, 5.74) is 3.28. The molecular weight excluding hydrogens is 322 g/mol. The number of para-hydroxylation sites is 1. The lowest BCUT2D eigenvalue weighted by Gasteiger charge is -2.30. The summed E-state index contributed by atoms with van der Waals surface area (Å²) in [6.07, 6.45) is 3.71. The highest BCUT2D eigenvalue weighted by atomic mass is 16.5. The van der Waals surface area contributed by atoms with Crippen molar-refractivity contribution in [1.29, 1.82) is 0 Å². The molecule has 1 aliphatic rings. The lowest BCUT2D eigenvalue weighted by atomic mass is 9.87. The number of nitrogens with zero attached hydrogens (tertiary/aromatic N) is 1. The fourth-order valence-corrected chi connectivity index (χ4v) is 2.24. The molecule has 0 aromatic heterocycles. The van der Waals surface area contributed by atoms with Crippen LogP contribution in [0.4, 0.5) is 0 Å². The Labute approximate surface area is 157 Å². The van der Waals surface area contributed by atoms with Gasteiger partial charge in [-0.1, -0.05) is 52.1 Å². The van der Waals surface area contributed by atoms with Crippen molar-refractivity contribution >= 4 is 5.71 Å². The van der Waals surface area contributed by atoms with Crippen molar-refractivity contribution in [2.24, 2.45) is 10.4 Å². The Kier molecular flexibility index (Phi) is 6.09. The second kappa shape index (κ2) is 8.09. The van der Waals surface area contributed by atoms with Crippen molar-refractivity contribution < 1.29 is 4.74 Å². The summed E-state index contributed by atoms with van der Waals surface area (Å²) in [4.78, 5) is 4.67. The van der Waals surface area contributed by atoms with Gasteiger partial charge in [0, 0.05) is 23.5 Å². The van der Waals surface area contributed by atoms with Crippen molar-refractivity contribution in [3.8, 4) is 5.75 Å². The third-order valence-corrected chi connectivity index (χ3v) is 4.38. The first-order valence-electron chi connectivity index (χ1n) is 8.82. The van der Waals surface area contributed by atoms with Crippen molar-refractivity contribution in [3.63, 3.8) is 0 Å². The molecule has 26 heavy (non-hydrogen) atoms. The number of allylic oxidation sites excluding steroid dienone is 3. The summed E-state index contributed by atoms with van der Waals surface area (Å²) in [6, 6.07) is 9.85. The van der Waals surface area contributed by atoms with Gasteiger partial charge in [0.25, 0.3) is 0 Å². The highest BCUT2D eigenvalue weighted by Crippen LogP contribution is 2.24. The molecule has 2 N–H and O–H groups in total. The van der Waals surface area contributed by atoms with Crippen LogP contribution in [-0.4, -0.2) is 11.8 Å². The molecule has 4 nitrogen and oxygen atoms in total. The number of nitrogens with one attached hydrogen (secondary N) is 2. The van der Waals surface area contributed by atoms with E-state index in [2.05, 4.69) is 56.5 Å². The van der Waals surface area contributed by atoms with Crippen molar-refractivity contribution in [2.75, 3.05) is 0 Å². The van der Waals surface area contributed by atoms with E-state index < -0.39 is 0 Å². The largest absolute Gasteiger partial charge is 0.439 e. The van der Waals surface area contributed by atoms with Crippen molar-refractivity contribution in [2.45, 2.75) is 40.7 Å². The maximum atomic E-state index is 5.86. The first-order valence-corrected chi connectivity index (χ1v) is 8.82. The Bertz CT molecular complexity index is 764. The lowest BCUT2D eigenvalue weighted by molar-refractivity contribution is 0.305. The highest BCUT2D eigenvalue weighted by molar-refractivity contribution is 6.16. The normalized spacial score (nSPS) is 17.6. The molecule has 1 aliphatic heterocycles. The van der Waals surface area contributed by atoms with Gasteiger partial charge in [-0.15, -0.1) is 0 Å². The SMILES string of the molecule is C=C(N[C@H](C)C(C)(C)C)C1=CNC(=C)/C1=N\C(=C/C)Oc1ccccc1. The molecule has 0 saturated carbocycles. The van der Waals surface area contributed by atoms with Gasteiger partial charge < -0.3 is 15.4 Å². The molecule has 1 atom stereocenters.